The molecule has 0 aliphatic heterocycles. The lowest BCUT2D eigenvalue weighted by atomic mass is 10.2. The number of ether oxygens (including phenoxy) is 2. The summed E-state index contributed by atoms with van der Waals surface area (Å²) in [5.41, 5.74) is -0.0888. The smallest absolute Gasteiger partial charge is 0.331 e. The lowest BCUT2D eigenvalue weighted by molar-refractivity contribution is -0.384. The van der Waals surface area contributed by atoms with Gasteiger partial charge in [0, 0.05) is 18.2 Å². The largest absolute Gasteiger partial charge is 0.495 e. The predicted octanol–water partition coefficient (Wildman–Crippen LogP) is 2.61. The predicted molar refractivity (Wildman–Crippen MR) is 87.8 cm³/mol. The van der Waals surface area contributed by atoms with Gasteiger partial charge < -0.3 is 14.8 Å². The van der Waals surface area contributed by atoms with Crippen LogP contribution in [0.15, 0.2) is 42.5 Å². The third-order valence-corrected chi connectivity index (χ3v) is 2.85. The van der Waals surface area contributed by atoms with Gasteiger partial charge >= 0.3 is 5.97 Å². The minimum Gasteiger partial charge on any atom is -0.495 e. The quantitative estimate of drug-likeness (QED) is 0.270. The number of rotatable bonds is 7. The molecular weight excluding hydrogens is 316 g/mol. The number of hydrogen-bond donors (Lipinski definition) is 1. The molecule has 1 unspecified atom stereocenters. The zero-order valence-electron chi connectivity index (χ0n) is 13.5. The number of carbonyl (C=O) groups is 2. The van der Waals surface area contributed by atoms with Crippen molar-refractivity contribution in [1.29, 1.82) is 0 Å². The van der Waals surface area contributed by atoms with Crippen LogP contribution in [0.5, 0.6) is 5.75 Å². The summed E-state index contributed by atoms with van der Waals surface area (Å²) in [6.45, 7) is 3.18. The summed E-state index contributed by atoms with van der Waals surface area (Å²) in [5.74, 6) is -1.07. The summed E-state index contributed by atoms with van der Waals surface area (Å²) in [6, 6.07) is 3.78. The average molecular weight is 334 g/mol. The van der Waals surface area contributed by atoms with Crippen molar-refractivity contribution >= 4 is 23.3 Å². The molecule has 0 spiro atoms. The second-order valence-corrected chi connectivity index (χ2v) is 4.59. The highest BCUT2D eigenvalue weighted by Gasteiger charge is 2.20. The van der Waals surface area contributed by atoms with E-state index < -0.39 is 22.9 Å². The first-order valence-corrected chi connectivity index (χ1v) is 7.02. The Bertz CT molecular complexity index is 681. The molecule has 1 N–H and O–H groups in total. The molecule has 0 aliphatic carbocycles. The molecule has 0 bridgehead atoms. The normalized spacial score (nSPS) is 12.1. The maximum atomic E-state index is 12.1. The summed E-state index contributed by atoms with van der Waals surface area (Å²) in [5, 5.41) is 13.3. The van der Waals surface area contributed by atoms with Crippen molar-refractivity contribution in [2.75, 3.05) is 12.4 Å². The van der Waals surface area contributed by atoms with Crippen LogP contribution in [-0.2, 0) is 14.3 Å². The van der Waals surface area contributed by atoms with Crippen molar-refractivity contribution in [3.8, 4) is 5.75 Å². The average Bonchev–Trinajstić information content (AvgIpc) is 2.54. The lowest BCUT2D eigenvalue weighted by Crippen LogP contribution is -2.29. The molecule has 0 saturated carbocycles. The molecule has 1 aromatic carbocycles. The van der Waals surface area contributed by atoms with E-state index in [9.17, 15) is 19.7 Å². The van der Waals surface area contributed by atoms with Crippen molar-refractivity contribution in [3.63, 3.8) is 0 Å². The van der Waals surface area contributed by atoms with Gasteiger partial charge in [-0.3, -0.25) is 14.9 Å². The summed E-state index contributed by atoms with van der Waals surface area (Å²) >= 11 is 0. The molecule has 128 valence electrons. The number of anilines is 1. The van der Waals surface area contributed by atoms with Crippen LogP contribution in [0, 0.1) is 10.1 Å². The van der Waals surface area contributed by atoms with Crippen molar-refractivity contribution in [1.82, 2.24) is 0 Å². The van der Waals surface area contributed by atoms with E-state index in [1.807, 2.05) is 0 Å². The molecular formula is C16H18N2O6. The van der Waals surface area contributed by atoms with Crippen LogP contribution in [0.3, 0.4) is 0 Å². The Morgan fingerprint density at radius 2 is 2.04 bits per heavy atom. The number of hydrogen-bond acceptors (Lipinski definition) is 6. The highest BCUT2D eigenvalue weighted by atomic mass is 16.6. The zero-order valence-corrected chi connectivity index (χ0v) is 13.5. The Hall–Kier alpha value is -3.16. The van der Waals surface area contributed by atoms with Gasteiger partial charge in [0.15, 0.2) is 6.10 Å². The van der Waals surface area contributed by atoms with Crippen LogP contribution in [0.2, 0.25) is 0 Å². The van der Waals surface area contributed by atoms with E-state index in [1.165, 1.54) is 38.3 Å². The number of methoxy groups -OCH3 is 1. The van der Waals surface area contributed by atoms with E-state index in [1.54, 1.807) is 19.1 Å². The molecule has 0 saturated heterocycles. The highest BCUT2D eigenvalue weighted by molar-refractivity contribution is 5.97. The molecule has 8 heteroatoms. The maximum absolute atomic E-state index is 12.1. The van der Waals surface area contributed by atoms with Gasteiger partial charge in [-0.05, 0) is 19.9 Å². The number of benzene rings is 1. The number of nitro groups is 1. The fraction of sp³-hybridized carbons (Fsp3) is 0.250. The minimum atomic E-state index is -1.09. The number of amides is 1. The molecule has 1 rings (SSSR count). The molecule has 8 nitrogen and oxygen atoms in total. The van der Waals surface area contributed by atoms with Gasteiger partial charge in [0.1, 0.15) is 5.75 Å². The Morgan fingerprint density at radius 3 is 2.62 bits per heavy atom. The second-order valence-electron chi connectivity index (χ2n) is 4.59. The van der Waals surface area contributed by atoms with Gasteiger partial charge in [-0.2, -0.15) is 0 Å². The summed E-state index contributed by atoms with van der Waals surface area (Å²) in [6.07, 6.45) is 4.94. The Kier molecular flexibility index (Phi) is 7.15. The van der Waals surface area contributed by atoms with Crippen molar-refractivity contribution in [2.45, 2.75) is 20.0 Å². The van der Waals surface area contributed by atoms with Crippen LogP contribution >= 0.6 is 0 Å². The van der Waals surface area contributed by atoms with Gasteiger partial charge in [-0.1, -0.05) is 18.2 Å². The monoisotopic (exact) mass is 334 g/mol. The van der Waals surface area contributed by atoms with E-state index in [4.69, 9.17) is 9.47 Å². The standard InChI is InChI=1S/C16H18N2O6/c1-4-5-6-7-15(19)24-11(2)16(20)17-13-10-12(18(21)22)8-9-14(13)23-3/h4-11H,1-3H3,(H,17,20)/b5-4+,7-6+. The molecule has 0 fully saturated rings. The van der Waals surface area contributed by atoms with Gasteiger partial charge in [-0.15, -0.1) is 0 Å². The molecule has 0 aromatic heterocycles. The Labute approximate surface area is 138 Å². The molecule has 1 aromatic rings. The van der Waals surface area contributed by atoms with Crippen LogP contribution < -0.4 is 10.1 Å². The number of nitro benzene ring substituents is 1. The maximum Gasteiger partial charge on any atom is 0.331 e. The van der Waals surface area contributed by atoms with Gasteiger partial charge in [0.25, 0.3) is 11.6 Å². The molecule has 0 radical (unpaired) electrons. The number of allylic oxidation sites excluding steroid dienone is 3. The van der Waals surface area contributed by atoms with E-state index in [2.05, 4.69) is 5.32 Å². The van der Waals surface area contributed by atoms with E-state index >= 15 is 0 Å². The Morgan fingerprint density at radius 1 is 1.33 bits per heavy atom. The first kappa shape index (κ1) is 18.9. The number of nitrogens with one attached hydrogen (secondary N) is 1. The first-order valence-electron chi connectivity index (χ1n) is 7.02. The minimum absolute atomic E-state index is 0.115. The van der Waals surface area contributed by atoms with Crippen LogP contribution in [0.4, 0.5) is 11.4 Å². The molecule has 0 heterocycles. The zero-order chi connectivity index (χ0) is 18.1. The summed E-state index contributed by atoms with van der Waals surface area (Å²) < 4.78 is 9.98. The lowest BCUT2D eigenvalue weighted by Gasteiger charge is -2.14. The SMILES string of the molecule is C/C=C/C=C/C(=O)OC(C)C(=O)Nc1cc([N+](=O)[O-])ccc1OC. The number of non-ortho nitro benzene ring substituents is 1. The van der Waals surface area contributed by atoms with Crippen LogP contribution in [-0.4, -0.2) is 30.0 Å². The fourth-order valence-corrected chi connectivity index (χ4v) is 1.65. The topological polar surface area (TPSA) is 108 Å². The second kappa shape index (κ2) is 9.09. The number of nitrogens with zero attached hydrogens (tertiary/aromatic N) is 1. The van der Waals surface area contributed by atoms with Crippen molar-refractivity contribution in [3.05, 3.63) is 52.6 Å². The number of esters is 1. The molecule has 24 heavy (non-hydrogen) atoms. The van der Waals surface area contributed by atoms with E-state index in [0.29, 0.717) is 0 Å². The third kappa shape index (κ3) is 5.56. The third-order valence-electron chi connectivity index (χ3n) is 2.85. The van der Waals surface area contributed by atoms with E-state index in [0.717, 1.165) is 6.07 Å². The fourth-order valence-electron chi connectivity index (χ4n) is 1.65. The van der Waals surface area contributed by atoms with Crippen molar-refractivity contribution in [2.24, 2.45) is 0 Å². The van der Waals surface area contributed by atoms with Crippen LogP contribution in [0.25, 0.3) is 0 Å². The molecule has 1 amide bonds. The summed E-state index contributed by atoms with van der Waals surface area (Å²) in [4.78, 5) is 33.8. The van der Waals surface area contributed by atoms with Crippen molar-refractivity contribution < 1.29 is 24.0 Å². The highest BCUT2D eigenvalue weighted by Crippen LogP contribution is 2.29. The van der Waals surface area contributed by atoms with Crippen LogP contribution in [0.1, 0.15) is 13.8 Å². The molecule has 1 atom stereocenters. The number of carbonyl (C=O) groups excluding carboxylic acids is 2. The van der Waals surface area contributed by atoms with E-state index in [-0.39, 0.29) is 17.1 Å². The Balaban J connectivity index is 2.81. The first-order chi connectivity index (χ1) is 11.4. The summed E-state index contributed by atoms with van der Waals surface area (Å²) in [7, 11) is 1.37. The van der Waals surface area contributed by atoms with Gasteiger partial charge in [0.05, 0.1) is 17.7 Å². The van der Waals surface area contributed by atoms with Gasteiger partial charge in [-0.25, -0.2) is 4.79 Å². The van der Waals surface area contributed by atoms with Gasteiger partial charge in [0.2, 0.25) is 0 Å². The molecule has 0 aliphatic rings.